The molecule has 0 spiro atoms. The van der Waals surface area contributed by atoms with Crippen molar-refractivity contribution in [2.24, 2.45) is 0 Å². The second-order valence-corrected chi connectivity index (χ2v) is 31.0. The van der Waals surface area contributed by atoms with E-state index in [0.717, 1.165) is 0 Å². The summed E-state index contributed by atoms with van der Waals surface area (Å²) in [6.07, 6.45) is 8.36. The Morgan fingerprint density at radius 1 is 0.667 bits per heavy atom. The molecule has 0 N–H and O–H groups in total. The Morgan fingerprint density at radius 3 is 1.87 bits per heavy atom. The number of aryl methyl sites for hydroxylation is 1. The Balaban J connectivity index is 1.52. The molecule has 0 bridgehead atoms. The first-order chi connectivity index (χ1) is 18.6. The SMILES string of the molecule is CCC[CH2][Sn]([CH2]CCC)([CH2]CCC)[c]1cc2c(s1)-c1sc3c4c(ccc3c1C2(C)C)-c1sc(C)cc1C4(C)C. The van der Waals surface area contributed by atoms with Gasteiger partial charge in [0.2, 0.25) is 0 Å². The van der Waals surface area contributed by atoms with Crippen LogP contribution in [0.2, 0.25) is 13.3 Å². The average molecular weight is 682 g/mol. The zero-order chi connectivity index (χ0) is 27.7. The molecule has 0 saturated heterocycles. The summed E-state index contributed by atoms with van der Waals surface area (Å²) in [5.41, 5.74) is 8.08. The molecule has 6 rings (SSSR count). The van der Waals surface area contributed by atoms with E-state index in [4.69, 9.17) is 0 Å². The molecule has 4 heteroatoms. The summed E-state index contributed by atoms with van der Waals surface area (Å²) in [4.78, 5) is 6.21. The monoisotopic (exact) mass is 682 g/mol. The Hall–Kier alpha value is -0.621. The van der Waals surface area contributed by atoms with E-state index in [1.807, 2.05) is 14.2 Å². The number of rotatable bonds is 10. The van der Waals surface area contributed by atoms with Crippen molar-refractivity contribution in [2.75, 3.05) is 0 Å². The van der Waals surface area contributed by atoms with E-state index < -0.39 is 18.4 Å². The summed E-state index contributed by atoms with van der Waals surface area (Å²) >= 11 is 3.93. The molecule has 2 aliphatic rings. The van der Waals surface area contributed by atoms with Gasteiger partial charge in [0, 0.05) is 0 Å². The van der Waals surface area contributed by atoms with Crippen LogP contribution in [0.1, 0.15) is 114 Å². The van der Waals surface area contributed by atoms with Gasteiger partial charge in [-0.25, -0.2) is 0 Å². The van der Waals surface area contributed by atoms with Crippen LogP contribution in [-0.4, -0.2) is 18.4 Å². The normalized spacial score (nSPS) is 16.5. The summed E-state index contributed by atoms with van der Waals surface area (Å²) in [6.45, 7) is 19.5. The van der Waals surface area contributed by atoms with Crippen LogP contribution < -0.4 is 2.89 Å². The molecule has 39 heavy (non-hydrogen) atoms. The molecular weight excluding hydrogens is 635 g/mol. The minimum atomic E-state index is -2.46. The number of unbranched alkanes of at least 4 members (excludes halogenated alkanes) is 3. The van der Waals surface area contributed by atoms with Crippen molar-refractivity contribution in [2.45, 2.75) is 118 Å². The Morgan fingerprint density at radius 2 is 1.26 bits per heavy atom. The maximum atomic E-state index is 2.78. The fourth-order valence-corrected chi connectivity index (χ4v) is 31.2. The zero-order valence-corrected chi connectivity index (χ0v) is 30.7. The van der Waals surface area contributed by atoms with Gasteiger partial charge in [0.05, 0.1) is 0 Å². The molecule has 208 valence electrons. The van der Waals surface area contributed by atoms with Gasteiger partial charge in [-0.2, -0.15) is 0 Å². The van der Waals surface area contributed by atoms with E-state index in [1.54, 1.807) is 50.0 Å². The van der Waals surface area contributed by atoms with Gasteiger partial charge in [0.1, 0.15) is 0 Å². The summed E-state index contributed by atoms with van der Waals surface area (Å²) in [6, 6.07) is 10.2. The first-order valence-electron chi connectivity index (χ1n) is 15.5. The number of fused-ring (bicyclic) bond motifs is 9. The quantitative estimate of drug-likeness (QED) is 0.146. The average Bonchev–Trinajstić information content (AvgIpc) is 3.67. The number of thiophene rings is 3. The molecule has 1 aromatic carbocycles. The number of benzene rings is 1. The Kier molecular flexibility index (Phi) is 7.51. The molecule has 0 fully saturated rings. The predicted molar refractivity (Wildman–Crippen MR) is 182 cm³/mol. The van der Waals surface area contributed by atoms with Crippen LogP contribution in [0.4, 0.5) is 0 Å². The van der Waals surface area contributed by atoms with Crippen LogP contribution in [0, 0.1) is 6.92 Å². The third kappa shape index (κ3) is 4.21. The fraction of sp³-hybridized carbons (Fsp3) is 0.543. The summed E-state index contributed by atoms with van der Waals surface area (Å²) in [7, 11) is 0. The van der Waals surface area contributed by atoms with Gasteiger partial charge < -0.3 is 0 Å². The van der Waals surface area contributed by atoms with Crippen molar-refractivity contribution in [3.8, 4) is 20.2 Å². The van der Waals surface area contributed by atoms with Crippen molar-refractivity contribution in [3.63, 3.8) is 0 Å². The zero-order valence-electron chi connectivity index (χ0n) is 25.4. The van der Waals surface area contributed by atoms with E-state index in [0.29, 0.717) is 0 Å². The third-order valence-electron chi connectivity index (χ3n) is 10.0. The molecule has 0 unspecified atom stereocenters. The van der Waals surface area contributed by atoms with Gasteiger partial charge >= 0.3 is 255 Å². The summed E-state index contributed by atoms with van der Waals surface area (Å²) in [5.74, 6) is 0. The topological polar surface area (TPSA) is 0 Å². The first-order valence-corrected chi connectivity index (χ1v) is 25.4. The van der Waals surface area contributed by atoms with Gasteiger partial charge in [-0.3, -0.25) is 0 Å². The van der Waals surface area contributed by atoms with Crippen molar-refractivity contribution >= 4 is 65.4 Å². The number of hydrogen-bond acceptors (Lipinski definition) is 3. The molecule has 0 amide bonds. The Labute approximate surface area is 253 Å². The fourth-order valence-electron chi connectivity index (χ4n) is 7.77. The van der Waals surface area contributed by atoms with Crippen LogP contribution in [0.5, 0.6) is 0 Å². The van der Waals surface area contributed by atoms with Crippen LogP contribution in [0.15, 0.2) is 24.3 Å². The summed E-state index contributed by atoms with van der Waals surface area (Å²) in [5, 5.41) is 1.53. The molecule has 0 radical (unpaired) electrons. The van der Waals surface area contributed by atoms with Crippen LogP contribution in [0.25, 0.3) is 30.3 Å². The maximum absolute atomic E-state index is 2.78. The second kappa shape index (κ2) is 10.3. The molecule has 0 aliphatic heterocycles. The molecule has 3 aromatic heterocycles. The minimum absolute atomic E-state index is 0.0766. The Bertz CT molecular complexity index is 1520. The molecule has 0 atom stereocenters. The van der Waals surface area contributed by atoms with Gasteiger partial charge in [-0.1, -0.05) is 0 Å². The molecular formula is C35H46S3Sn. The first kappa shape index (κ1) is 28.5. The van der Waals surface area contributed by atoms with E-state index in [-0.39, 0.29) is 10.8 Å². The molecule has 3 heterocycles. The van der Waals surface area contributed by atoms with Crippen LogP contribution in [0.3, 0.4) is 0 Å². The number of hydrogen-bond donors (Lipinski definition) is 0. The van der Waals surface area contributed by atoms with Gasteiger partial charge in [-0.05, 0) is 0 Å². The van der Waals surface area contributed by atoms with Crippen LogP contribution >= 0.6 is 34.0 Å². The van der Waals surface area contributed by atoms with E-state index in [9.17, 15) is 0 Å². The summed E-state index contributed by atoms with van der Waals surface area (Å²) < 4.78 is 8.16. The molecule has 4 aromatic rings. The van der Waals surface area contributed by atoms with E-state index in [2.05, 4.69) is 102 Å². The van der Waals surface area contributed by atoms with Gasteiger partial charge in [0.25, 0.3) is 0 Å². The van der Waals surface area contributed by atoms with E-state index in [1.165, 1.54) is 59.2 Å². The van der Waals surface area contributed by atoms with E-state index >= 15 is 0 Å². The van der Waals surface area contributed by atoms with Crippen molar-refractivity contribution in [1.82, 2.24) is 0 Å². The van der Waals surface area contributed by atoms with Gasteiger partial charge in [0.15, 0.2) is 0 Å². The molecule has 0 nitrogen and oxygen atoms in total. The van der Waals surface area contributed by atoms with Crippen molar-refractivity contribution in [3.05, 3.63) is 51.4 Å². The van der Waals surface area contributed by atoms with Gasteiger partial charge in [-0.15, -0.1) is 0 Å². The van der Waals surface area contributed by atoms with Crippen molar-refractivity contribution < 1.29 is 0 Å². The molecule has 2 aliphatic carbocycles. The van der Waals surface area contributed by atoms with Crippen LogP contribution in [-0.2, 0) is 10.8 Å². The molecule has 0 saturated carbocycles. The standard InChI is InChI=1S/C23H19S3.3C4H9.Sn/c1-11-10-15-18(25-11)12-6-7-13-17-21(26-19(13)16(12)23(15,4)5)20-14(8-9-24-20)22(17,2)3;3*1-3-4-2;/h6-8,10H,1-5H3;3*1,3-4H2,2H3;. The van der Waals surface area contributed by atoms with Crippen molar-refractivity contribution in [1.29, 1.82) is 0 Å². The predicted octanol–water partition coefficient (Wildman–Crippen LogP) is 12.0. The third-order valence-corrected chi connectivity index (χ3v) is 31.9. The second-order valence-electron chi connectivity index (χ2n) is 13.5.